The lowest BCUT2D eigenvalue weighted by Gasteiger charge is -2.11. The third-order valence-corrected chi connectivity index (χ3v) is 3.55. The van der Waals surface area contributed by atoms with Crippen LogP contribution in [0, 0.1) is 0 Å². The smallest absolute Gasteiger partial charge is 0.131 e. The topological polar surface area (TPSA) is 53.1 Å². The molecule has 3 rings (SSSR count). The summed E-state index contributed by atoms with van der Waals surface area (Å²) >= 11 is 0. The summed E-state index contributed by atoms with van der Waals surface area (Å²) in [4.78, 5) is 4.47. The molecule has 0 bridgehead atoms. The zero-order chi connectivity index (χ0) is 14.8. The molecule has 0 saturated heterocycles. The lowest BCUT2D eigenvalue weighted by Crippen LogP contribution is -2.01. The molecule has 2 N–H and O–H groups in total. The molecule has 1 heterocycles. The maximum atomic E-state index is 6.23. The molecule has 0 aliphatic carbocycles. The number of rotatable bonds is 4. The fraction of sp³-hybridized carbons (Fsp3) is 0.118. The largest absolute Gasteiger partial charge is 0.496 e. The molecule has 0 amide bonds. The highest BCUT2D eigenvalue weighted by Gasteiger charge is 2.17. The molecule has 0 aliphatic rings. The first-order valence-electron chi connectivity index (χ1n) is 6.74. The van der Waals surface area contributed by atoms with E-state index in [9.17, 15) is 0 Å². The van der Waals surface area contributed by atoms with Crippen molar-refractivity contribution in [3.05, 3.63) is 55.4 Å². The number of nitrogen functional groups attached to an aromatic ring is 1. The van der Waals surface area contributed by atoms with Gasteiger partial charge in [-0.3, -0.25) is 0 Å². The van der Waals surface area contributed by atoms with Gasteiger partial charge in [-0.25, -0.2) is 4.98 Å². The average Bonchev–Trinajstić information content (AvgIpc) is 2.87. The van der Waals surface area contributed by atoms with Gasteiger partial charge in [0.15, 0.2) is 0 Å². The summed E-state index contributed by atoms with van der Waals surface area (Å²) in [6.07, 6.45) is 3.52. The van der Waals surface area contributed by atoms with Crippen LogP contribution in [-0.2, 0) is 6.54 Å². The molecule has 106 valence electrons. The maximum absolute atomic E-state index is 6.23. The summed E-state index contributed by atoms with van der Waals surface area (Å²) in [6, 6.07) is 12.1. The first kappa shape index (κ1) is 13.2. The van der Waals surface area contributed by atoms with Crippen LogP contribution in [0.5, 0.6) is 5.75 Å². The molecule has 3 aromatic rings. The van der Waals surface area contributed by atoms with E-state index in [1.165, 1.54) is 0 Å². The number of imidazole rings is 1. The van der Waals surface area contributed by atoms with Crippen molar-refractivity contribution in [1.82, 2.24) is 9.55 Å². The van der Waals surface area contributed by atoms with Crippen LogP contribution < -0.4 is 10.5 Å². The van der Waals surface area contributed by atoms with Crippen molar-refractivity contribution in [2.45, 2.75) is 6.54 Å². The standard InChI is InChI=1S/C17H17N3O/c1-3-10-20-11-19-16(17(20)18)15-13-7-5-4-6-12(13)8-9-14(15)21-2/h3-9,11H,1,10,18H2,2H3. The van der Waals surface area contributed by atoms with E-state index in [1.54, 1.807) is 19.5 Å². The van der Waals surface area contributed by atoms with Gasteiger partial charge in [0.25, 0.3) is 0 Å². The van der Waals surface area contributed by atoms with Gasteiger partial charge in [-0.15, -0.1) is 6.58 Å². The number of fused-ring (bicyclic) bond motifs is 1. The molecule has 0 atom stereocenters. The molecular formula is C17H17N3O. The summed E-state index contributed by atoms with van der Waals surface area (Å²) < 4.78 is 7.37. The number of nitrogens with zero attached hydrogens (tertiary/aromatic N) is 2. The Bertz CT molecular complexity index is 805. The quantitative estimate of drug-likeness (QED) is 0.744. The zero-order valence-corrected chi connectivity index (χ0v) is 11.9. The van der Waals surface area contributed by atoms with E-state index in [0.717, 1.165) is 27.8 Å². The maximum Gasteiger partial charge on any atom is 0.131 e. The Morgan fingerprint density at radius 2 is 2.10 bits per heavy atom. The number of ether oxygens (including phenoxy) is 1. The van der Waals surface area contributed by atoms with Gasteiger partial charge in [0.2, 0.25) is 0 Å². The Morgan fingerprint density at radius 1 is 1.29 bits per heavy atom. The molecule has 21 heavy (non-hydrogen) atoms. The van der Waals surface area contributed by atoms with Crippen molar-refractivity contribution in [1.29, 1.82) is 0 Å². The van der Waals surface area contributed by atoms with Crippen molar-refractivity contribution in [3.63, 3.8) is 0 Å². The first-order valence-corrected chi connectivity index (χ1v) is 6.74. The van der Waals surface area contributed by atoms with E-state index >= 15 is 0 Å². The number of benzene rings is 2. The summed E-state index contributed by atoms with van der Waals surface area (Å²) in [5.41, 5.74) is 7.90. The molecule has 0 aliphatic heterocycles. The summed E-state index contributed by atoms with van der Waals surface area (Å²) in [5.74, 6) is 1.38. The molecule has 1 aromatic heterocycles. The minimum atomic E-state index is 0.615. The molecule has 0 saturated carbocycles. The average molecular weight is 279 g/mol. The van der Waals surface area contributed by atoms with Crippen LogP contribution in [0.4, 0.5) is 5.82 Å². The van der Waals surface area contributed by atoms with Gasteiger partial charge in [0.05, 0.1) is 19.0 Å². The van der Waals surface area contributed by atoms with Crippen LogP contribution >= 0.6 is 0 Å². The normalized spacial score (nSPS) is 10.7. The van der Waals surface area contributed by atoms with E-state index in [0.29, 0.717) is 12.4 Å². The van der Waals surface area contributed by atoms with Crippen molar-refractivity contribution in [2.24, 2.45) is 0 Å². The van der Waals surface area contributed by atoms with Crippen molar-refractivity contribution in [2.75, 3.05) is 12.8 Å². The van der Waals surface area contributed by atoms with E-state index in [2.05, 4.69) is 23.7 Å². The highest BCUT2D eigenvalue weighted by Crippen LogP contribution is 2.38. The van der Waals surface area contributed by atoms with Crippen molar-refractivity contribution < 1.29 is 4.74 Å². The number of hydrogen-bond acceptors (Lipinski definition) is 3. The Morgan fingerprint density at radius 3 is 2.86 bits per heavy atom. The Hall–Kier alpha value is -2.75. The molecule has 2 aromatic carbocycles. The Kier molecular flexibility index (Phi) is 3.36. The second-order valence-corrected chi connectivity index (χ2v) is 4.78. The number of hydrogen-bond donors (Lipinski definition) is 1. The van der Waals surface area contributed by atoms with Crippen LogP contribution in [-0.4, -0.2) is 16.7 Å². The van der Waals surface area contributed by atoms with Crippen LogP contribution in [0.1, 0.15) is 0 Å². The predicted octanol–water partition coefficient (Wildman–Crippen LogP) is 3.48. The van der Waals surface area contributed by atoms with E-state index in [-0.39, 0.29) is 0 Å². The number of methoxy groups -OCH3 is 1. The first-order chi connectivity index (χ1) is 10.3. The lowest BCUT2D eigenvalue weighted by molar-refractivity contribution is 0.417. The third kappa shape index (κ3) is 2.14. The van der Waals surface area contributed by atoms with Gasteiger partial charge >= 0.3 is 0 Å². The monoisotopic (exact) mass is 279 g/mol. The van der Waals surface area contributed by atoms with E-state index < -0.39 is 0 Å². The number of aromatic nitrogens is 2. The van der Waals surface area contributed by atoms with Gasteiger partial charge in [-0.2, -0.15) is 0 Å². The highest BCUT2D eigenvalue weighted by atomic mass is 16.5. The summed E-state index contributed by atoms with van der Waals surface area (Å²) in [5, 5.41) is 2.21. The Balaban J connectivity index is 2.30. The molecule has 0 spiro atoms. The molecular weight excluding hydrogens is 262 g/mol. The molecule has 0 unspecified atom stereocenters. The fourth-order valence-electron chi connectivity index (χ4n) is 2.53. The number of allylic oxidation sites excluding steroid dienone is 1. The van der Waals surface area contributed by atoms with Crippen LogP contribution in [0.25, 0.3) is 22.0 Å². The third-order valence-electron chi connectivity index (χ3n) is 3.55. The predicted molar refractivity (Wildman–Crippen MR) is 86.3 cm³/mol. The molecule has 0 radical (unpaired) electrons. The molecule has 4 heteroatoms. The fourth-order valence-corrected chi connectivity index (χ4v) is 2.53. The van der Waals surface area contributed by atoms with Gasteiger partial charge in [0.1, 0.15) is 17.3 Å². The highest BCUT2D eigenvalue weighted by molar-refractivity contribution is 6.00. The lowest BCUT2D eigenvalue weighted by atomic mass is 10.0. The van der Waals surface area contributed by atoms with Crippen LogP contribution in [0.3, 0.4) is 0 Å². The minimum absolute atomic E-state index is 0.615. The number of anilines is 1. The molecule has 0 fully saturated rings. The summed E-state index contributed by atoms with van der Waals surface area (Å²) in [7, 11) is 1.66. The van der Waals surface area contributed by atoms with Crippen molar-refractivity contribution in [3.8, 4) is 17.0 Å². The minimum Gasteiger partial charge on any atom is -0.496 e. The second kappa shape index (κ2) is 5.32. The number of nitrogens with two attached hydrogens (primary N) is 1. The van der Waals surface area contributed by atoms with Crippen LogP contribution in [0.2, 0.25) is 0 Å². The molecule has 4 nitrogen and oxygen atoms in total. The van der Waals surface area contributed by atoms with E-state index in [4.69, 9.17) is 10.5 Å². The van der Waals surface area contributed by atoms with Crippen LogP contribution in [0.15, 0.2) is 55.4 Å². The van der Waals surface area contributed by atoms with E-state index in [1.807, 2.05) is 28.8 Å². The SMILES string of the molecule is C=CCn1cnc(-c2c(OC)ccc3ccccc23)c1N. The van der Waals surface area contributed by atoms with Gasteiger partial charge < -0.3 is 15.0 Å². The van der Waals surface area contributed by atoms with Gasteiger partial charge in [-0.1, -0.05) is 36.4 Å². The zero-order valence-electron chi connectivity index (χ0n) is 11.9. The Labute approximate surface area is 123 Å². The van der Waals surface area contributed by atoms with Crippen molar-refractivity contribution >= 4 is 16.6 Å². The van der Waals surface area contributed by atoms with Gasteiger partial charge in [0, 0.05) is 6.54 Å². The second-order valence-electron chi connectivity index (χ2n) is 4.78. The van der Waals surface area contributed by atoms with Gasteiger partial charge in [-0.05, 0) is 16.8 Å². The summed E-state index contributed by atoms with van der Waals surface area (Å²) in [6.45, 7) is 4.36.